The van der Waals surface area contributed by atoms with Gasteiger partial charge in [0.1, 0.15) is 5.60 Å². The summed E-state index contributed by atoms with van der Waals surface area (Å²) in [7, 11) is 0. The number of aryl methyl sites for hydroxylation is 1. The lowest BCUT2D eigenvalue weighted by Crippen LogP contribution is -2.40. The van der Waals surface area contributed by atoms with Gasteiger partial charge in [-0.15, -0.1) is 5.73 Å². The molecule has 3 heteroatoms. The third-order valence-electron chi connectivity index (χ3n) is 4.26. The minimum absolute atomic E-state index is 0.0909. The zero-order chi connectivity index (χ0) is 17.6. The molecule has 0 bridgehead atoms. The van der Waals surface area contributed by atoms with E-state index in [0.717, 1.165) is 44.2 Å². The highest BCUT2D eigenvalue weighted by Crippen LogP contribution is 2.28. The maximum atomic E-state index is 12.4. The zero-order valence-electron chi connectivity index (χ0n) is 15.2. The predicted octanol–water partition coefficient (Wildman–Crippen LogP) is 5.12. The summed E-state index contributed by atoms with van der Waals surface area (Å²) in [6.07, 6.45) is 4.75. The van der Waals surface area contributed by atoms with Gasteiger partial charge >= 0.3 is 6.09 Å². The lowest BCUT2D eigenvalue weighted by molar-refractivity contribution is 0.0247. The van der Waals surface area contributed by atoms with Gasteiger partial charge in [0, 0.05) is 6.54 Å². The fourth-order valence-corrected chi connectivity index (χ4v) is 3.17. The second-order valence-corrected chi connectivity index (χ2v) is 7.37. The van der Waals surface area contributed by atoms with Crippen molar-refractivity contribution in [2.45, 2.75) is 64.5 Å². The van der Waals surface area contributed by atoms with Crippen molar-refractivity contribution in [2.75, 3.05) is 6.54 Å². The fraction of sp³-hybridized carbons (Fsp3) is 0.524. The third kappa shape index (κ3) is 5.28. The van der Waals surface area contributed by atoms with E-state index in [-0.39, 0.29) is 12.1 Å². The molecule has 2 rings (SSSR count). The summed E-state index contributed by atoms with van der Waals surface area (Å²) in [5.74, 6) is 0. The molecule has 0 saturated carbocycles. The summed E-state index contributed by atoms with van der Waals surface area (Å²) in [5, 5.41) is 0. The second-order valence-electron chi connectivity index (χ2n) is 7.37. The number of carbonyl (C=O) groups is 1. The number of nitrogens with zero attached hydrogens (tertiary/aromatic N) is 1. The fourth-order valence-electron chi connectivity index (χ4n) is 3.17. The van der Waals surface area contributed by atoms with E-state index in [1.165, 1.54) is 5.56 Å². The highest BCUT2D eigenvalue weighted by atomic mass is 16.6. The Kier molecular flexibility index (Phi) is 6.28. The predicted molar refractivity (Wildman–Crippen MR) is 98.0 cm³/mol. The monoisotopic (exact) mass is 327 g/mol. The van der Waals surface area contributed by atoms with Gasteiger partial charge in [-0.1, -0.05) is 36.9 Å². The smallest absolute Gasteiger partial charge is 0.410 e. The van der Waals surface area contributed by atoms with E-state index in [1.807, 2.05) is 31.7 Å². The Morgan fingerprint density at radius 3 is 2.67 bits per heavy atom. The zero-order valence-corrected chi connectivity index (χ0v) is 15.2. The SMILES string of the molecule is C=C=C(CCCc1ccccc1)[C@H]1CCCN1C(=O)OC(C)(C)C. The molecule has 1 aliphatic rings. The summed E-state index contributed by atoms with van der Waals surface area (Å²) < 4.78 is 5.55. The topological polar surface area (TPSA) is 29.5 Å². The first-order valence-electron chi connectivity index (χ1n) is 8.83. The number of benzene rings is 1. The highest BCUT2D eigenvalue weighted by molar-refractivity contribution is 5.69. The number of carbonyl (C=O) groups excluding carboxylic acids is 1. The number of likely N-dealkylation sites (tertiary alicyclic amines) is 1. The molecule has 1 aromatic rings. The second kappa shape index (κ2) is 8.21. The Morgan fingerprint density at radius 2 is 2.04 bits per heavy atom. The van der Waals surface area contributed by atoms with Gasteiger partial charge in [0.25, 0.3) is 0 Å². The minimum Gasteiger partial charge on any atom is -0.444 e. The van der Waals surface area contributed by atoms with Crippen LogP contribution >= 0.6 is 0 Å². The van der Waals surface area contributed by atoms with E-state index in [0.29, 0.717) is 0 Å². The molecule has 130 valence electrons. The number of amides is 1. The first-order chi connectivity index (χ1) is 11.4. The van der Waals surface area contributed by atoms with Gasteiger partial charge < -0.3 is 9.64 Å². The molecule has 1 atom stereocenters. The van der Waals surface area contributed by atoms with Crippen molar-refractivity contribution in [1.82, 2.24) is 4.90 Å². The van der Waals surface area contributed by atoms with Crippen molar-refractivity contribution in [3.8, 4) is 0 Å². The Hall–Kier alpha value is -1.99. The molecule has 0 unspecified atom stereocenters. The molecular formula is C21H29NO2. The molecule has 0 aromatic heterocycles. The van der Waals surface area contributed by atoms with Crippen LogP contribution in [0.4, 0.5) is 4.79 Å². The van der Waals surface area contributed by atoms with Gasteiger partial charge in [0.2, 0.25) is 0 Å². The Morgan fingerprint density at radius 1 is 1.33 bits per heavy atom. The molecule has 1 aliphatic heterocycles. The molecule has 0 spiro atoms. The summed E-state index contributed by atoms with van der Waals surface area (Å²) in [6.45, 7) is 10.3. The molecule has 1 heterocycles. The molecule has 3 nitrogen and oxygen atoms in total. The molecular weight excluding hydrogens is 298 g/mol. The van der Waals surface area contributed by atoms with E-state index in [9.17, 15) is 4.79 Å². The van der Waals surface area contributed by atoms with Crippen molar-refractivity contribution in [2.24, 2.45) is 0 Å². The molecule has 0 radical (unpaired) electrons. The van der Waals surface area contributed by atoms with Crippen LogP contribution in [0, 0.1) is 0 Å². The maximum absolute atomic E-state index is 12.4. The van der Waals surface area contributed by atoms with Crippen molar-refractivity contribution in [1.29, 1.82) is 0 Å². The number of hydrogen-bond acceptors (Lipinski definition) is 2. The highest BCUT2D eigenvalue weighted by Gasteiger charge is 2.33. The van der Waals surface area contributed by atoms with Crippen molar-refractivity contribution >= 4 is 6.09 Å². The summed E-state index contributed by atoms with van der Waals surface area (Å²) in [6, 6.07) is 10.6. The molecule has 1 fully saturated rings. The van der Waals surface area contributed by atoms with Gasteiger partial charge in [-0.25, -0.2) is 4.79 Å². The van der Waals surface area contributed by atoms with Gasteiger partial charge in [-0.2, -0.15) is 0 Å². The number of hydrogen-bond donors (Lipinski definition) is 0. The van der Waals surface area contributed by atoms with Crippen LogP contribution in [0.3, 0.4) is 0 Å². The lowest BCUT2D eigenvalue weighted by Gasteiger charge is -2.29. The van der Waals surface area contributed by atoms with E-state index in [2.05, 4.69) is 36.6 Å². The van der Waals surface area contributed by atoms with Crippen molar-refractivity contribution < 1.29 is 9.53 Å². The first kappa shape index (κ1) is 18.4. The largest absolute Gasteiger partial charge is 0.444 e. The quantitative estimate of drug-likeness (QED) is 0.702. The first-order valence-corrected chi connectivity index (χ1v) is 8.83. The average molecular weight is 327 g/mol. The summed E-state index contributed by atoms with van der Waals surface area (Å²) >= 11 is 0. The van der Waals surface area contributed by atoms with Crippen LogP contribution in [0.2, 0.25) is 0 Å². The normalized spacial score (nSPS) is 17.5. The van der Waals surface area contributed by atoms with Crippen LogP contribution in [-0.2, 0) is 11.2 Å². The molecule has 0 N–H and O–H groups in total. The summed E-state index contributed by atoms with van der Waals surface area (Å²) in [4.78, 5) is 14.3. The van der Waals surface area contributed by atoms with E-state index >= 15 is 0 Å². The Labute approximate surface area is 146 Å². The number of ether oxygens (including phenoxy) is 1. The van der Waals surface area contributed by atoms with Gasteiger partial charge in [-0.3, -0.25) is 0 Å². The van der Waals surface area contributed by atoms with E-state index in [1.54, 1.807) is 0 Å². The average Bonchev–Trinajstić information content (AvgIpc) is 3.00. The van der Waals surface area contributed by atoms with Crippen LogP contribution in [-0.4, -0.2) is 29.2 Å². The molecule has 1 aromatic carbocycles. The van der Waals surface area contributed by atoms with Crippen LogP contribution in [0.1, 0.15) is 52.0 Å². The summed E-state index contributed by atoms with van der Waals surface area (Å²) in [5.41, 5.74) is 5.11. The molecule has 24 heavy (non-hydrogen) atoms. The van der Waals surface area contributed by atoms with E-state index < -0.39 is 5.60 Å². The van der Waals surface area contributed by atoms with Gasteiger partial charge in [0.15, 0.2) is 0 Å². The maximum Gasteiger partial charge on any atom is 0.410 e. The molecule has 1 saturated heterocycles. The van der Waals surface area contributed by atoms with Crippen molar-refractivity contribution in [3.05, 3.63) is 53.8 Å². The standard InChI is InChI=1S/C21H29NO2/c1-5-18(14-9-13-17-11-7-6-8-12-17)19-15-10-16-22(19)20(23)24-21(2,3)4/h6-8,11-12,19H,1,9-10,13-16H2,2-4H3/t19-/m1/s1. The number of rotatable bonds is 5. The van der Waals surface area contributed by atoms with Crippen LogP contribution < -0.4 is 0 Å². The van der Waals surface area contributed by atoms with Crippen molar-refractivity contribution in [3.63, 3.8) is 0 Å². The van der Waals surface area contributed by atoms with Crippen LogP contribution in [0.15, 0.2) is 48.2 Å². The van der Waals surface area contributed by atoms with Gasteiger partial charge in [-0.05, 0) is 64.0 Å². The van der Waals surface area contributed by atoms with Gasteiger partial charge in [0.05, 0.1) is 6.04 Å². The Balaban J connectivity index is 1.93. The van der Waals surface area contributed by atoms with E-state index in [4.69, 9.17) is 4.74 Å². The van der Waals surface area contributed by atoms with Crippen LogP contribution in [0.5, 0.6) is 0 Å². The minimum atomic E-state index is -0.463. The third-order valence-corrected chi connectivity index (χ3v) is 4.26. The molecule has 0 aliphatic carbocycles. The van der Waals surface area contributed by atoms with Crippen LogP contribution in [0.25, 0.3) is 0 Å². The Bertz CT molecular complexity index is 594. The lowest BCUT2D eigenvalue weighted by atomic mass is 9.98. The molecule has 1 amide bonds.